The molecule has 0 saturated carbocycles. The lowest BCUT2D eigenvalue weighted by Gasteiger charge is -2.29. The molecule has 0 fully saturated rings. The summed E-state index contributed by atoms with van der Waals surface area (Å²) >= 11 is 12.2. The number of ether oxygens (including phenoxy) is 2. The number of nitrogens with one attached hydrogen (secondary N) is 2. The predicted molar refractivity (Wildman–Crippen MR) is 125 cm³/mol. The average Bonchev–Trinajstić information content (AvgIpc) is 2.77. The van der Waals surface area contributed by atoms with Crippen LogP contribution >= 0.6 is 23.2 Å². The number of halogens is 2. The number of allylic oxidation sites excluding steroid dienone is 1. The Morgan fingerprint density at radius 2 is 1.94 bits per heavy atom. The van der Waals surface area contributed by atoms with Crippen LogP contribution in [0.4, 0.5) is 4.79 Å². The second-order valence-electron chi connectivity index (χ2n) is 7.34. The maximum absolute atomic E-state index is 12.8. The first-order valence-electron chi connectivity index (χ1n) is 10.6. The van der Waals surface area contributed by atoms with Gasteiger partial charge in [0.2, 0.25) is 0 Å². The standard InChI is InChI=1S/C24H26Cl2N2O4/c1-3-5-9-20-21(23(29)31-4-2)22(28-24(30)27-20)15-7-6-8-18(12-15)32-14-16-10-11-17(25)13-19(16)26/h6-8,10-13,22H,3-5,9,14H2,1-2H3,(H2,27,28,30). The van der Waals surface area contributed by atoms with Crippen molar-refractivity contribution in [1.29, 1.82) is 0 Å². The Hall–Kier alpha value is -2.70. The summed E-state index contributed by atoms with van der Waals surface area (Å²) in [6.07, 6.45) is 2.36. The van der Waals surface area contributed by atoms with Gasteiger partial charge in [-0.2, -0.15) is 0 Å². The first kappa shape index (κ1) is 24.0. The second kappa shape index (κ2) is 11.2. The van der Waals surface area contributed by atoms with Crippen LogP contribution in [0.5, 0.6) is 5.75 Å². The molecule has 3 rings (SSSR count). The van der Waals surface area contributed by atoms with Crippen molar-refractivity contribution in [3.63, 3.8) is 0 Å². The molecule has 2 aromatic carbocycles. The number of rotatable bonds is 9. The summed E-state index contributed by atoms with van der Waals surface area (Å²) in [5, 5.41) is 6.71. The highest BCUT2D eigenvalue weighted by atomic mass is 35.5. The number of hydrogen-bond donors (Lipinski definition) is 2. The molecule has 2 aromatic rings. The predicted octanol–water partition coefficient (Wildman–Crippen LogP) is 5.93. The van der Waals surface area contributed by atoms with Crippen LogP contribution in [0.15, 0.2) is 53.7 Å². The van der Waals surface area contributed by atoms with E-state index in [-0.39, 0.29) is 19.2 Å². The van der Waals surface area contributed by atoms with E-state index < -0.39 is 12.0 Å². The van der Waals surface area contributed by atoms with E-state index in [1.54, 1.807) is 25.1 Å². The summed E-state index contributed by atoms with van der Waals surface area (Å²) in [5.41, 5.74) is 2.53. The van der Waals surface area contributed by atoms with Crippen molar-refractivity contribution in [2.75, 3.05) is 6.61 Å². The zero-order valence-corrected chi connectivity index (χ0v) is 19.6. The summed E-state index contributed by atoms with van der Waals surface area (Å²) in [6.45, 7) is 4.30. The molecule has 0 spiro atoms. The first-order valence-corrected chi connectivity index (χ1v) is 11.3. The molecule has 6 nitrogen and oxygen atoms in total. The third kappa shape index (κ3) is 5.96. The molecule has 0 aromatic heterocycles. The molecule has 1 aliphatic rings. The quantitative estimate of drug-likeness (QED) is 0.439. The summed E-state index contributed by atoms with van der Waals surface area (Å²) in [7, 11) is 0. The molecule has 1 unspecified atom stereocenters. The molecular weight excluding hydrogens is 451 g/mol. The molecule has 1 atom stereocenters. The van der Waals surface area contributed by atoms with Crippen molar-refractivity contribution >= 4 is 35.2 Å². The van der Waals surface area contributed by atoms with Gasteiger partial charge in [-0.05, 0) is 49.6 Å². The van der Waals surface area contributed by atoms with Gasteiger partial charge in [-0.1, -0.05) is 54.7 Å². The van der Waals surface area contributed by atoms with Crippen LogP contribution in [0.1, 0.15) is 50.3 Å². The van der Waals surface area contributed by atoms with Gasteiger partial charge in [-0.3, -0.25) is 0 Å². The third-order valence-corrected chi connectivity index (χ3v) is 5.62. The minimum atomic E-state index is -0.641. The number of benzene rings is 2. The fourth-order valence-corrected chi connectivity index (χ4v) is 3.92. The molecule has 0 bridgehead atoms. The topological polar surface area (TPSA) is 76.7 Å². The van der Waals surface area contributed by atoms with Gasteiger partial charge >= 0.3 is 12.0 Å². The Morgan fingerprint density at radius 3 is 2.66 bits per heavy atom. The summed E-state index contributed by atoms with van der Waals surface area (Å²) in [4.78, 5) is 25.1. The number of urea groups is 1. The lowest BCUT2D eigenvalue weighted by Crippen LogP contribution is -2.46. The fourth-order valence-electron chi connectivity index (χ4n) is 3.45. The summed E-state index contributed by atoms with van der Waals surface area (Å²) in [6, 6.07) is 11.5. The van der Waals surface area contributed by atoms with E-state index >= 15 is 0 Å². The molecule has 2 N–H and O–H groups in total. The van der Waals surface area contributed by atoms with Crippen LogP contribution in [0.2, 0.25) is 10.0 Å². The Labute approximate surface area is 197 Å². The van der Waals surface area contributed by atoms with Crippen LogP contribution < -0.4 is 15.4 Å². The molecule has 170 valence electrons. The van der Waals surface area contributed by atoms with Gasteiger partial charge < -0.3 is 20.1 Å². The maximum atomic E-state index is 12.8. The van der Waals surface area contributed by atoms with Crippen LogP contribution in [-0.2, 0) is 16.1 Å². The van der Waals surface area contributed by atoms with Crippen molar-refractivity contribution < 1.29 is 19.1 Å². The molecular formula is C24H26Cl2N2O4. The van der Waals surface area contributed by atoms with E-state index in [0.29, 0.717) is 33.5 Å². The van der Waals surface area contributed by atoms with Crippen LogP contribution in [0, 0.1) is 0 Å². The molecule has 0 radical (unpaired) electrons. The summed E-state index contributed by atoms with van der Waals surface area (Å²) < 4.78 is 11.2. The summed E-state index contributed by atoms with van der Waals surface area (Å²) in [5.74, 6) is 0.134. The van der Waals surface area contributed by atoms with Crippen molar-refractivity contribution in [2.24, 2.45) is 0 Å². The van der Waals surface area contributed by atoms with Gasteiger partial charge in [0.25, 0.3) is 0 Å². The minimum absolute atomic E-state index is 0.245. The Balaban J connectivity index is 1.88. The largest absolute Gasteiger partial charge is 0.489 e. The van der Waals surface area contributed by atoms with Crippen molar-refractivity contribution in [1.82, 2.24) is 10.6 Å². The van der Waals surface area contributed by atoms with Gasteiger partial charge in [0.15, 0.2) is 0 Å². The molecule has 0 saturated heterocycles. The first-order chi connectivity index (χ1) is 15.4. The number of amides is 2. The highest BCUT2D eigenvalue weighted by Gasteiger charge is 2.33. The number of carbonyl (C=O) groups is 2. The van der Waals surface area contributed by atoms with E-state index in [2.05, 4.69) is 17.6 Å². The van der Waals surface area contributed by atoms with Crippen LogP contribution in [0.3, 0.4) is 0 Å². The number of unbranched alkanes of at least 4 members (excludes halogenated alkanes) is 1. The van der Waals surface area contributed by atoms with Gasteiger partial charge in [-0.25, -0.2) is 9.59 Å². The van der Waals surface area contributed by atoms with Gasteiger partial charge in [0.1, 0.15) is 12.4 Å². The van der Waals surface area contributed by atoms with Crippen molar-refractivity contribution in [3.05, 3.63) is 74.9 Å². The average molecular weight is 477 g/mol. The second-order valence-corrected chi connectivity index (χ2v) is 8.19. The van der Waals surface area contributed by atoms with Crippen molar-refractivity contribution in [3.8, 4) is 5.75 Å². The minimum Gasteiger partial charge on any atom is -0.489 e. The van der Waals surface area contributed by atoms with E-state index in [4.69, 9.17) is 32.7 Å². The SMILES string of the molecule is CCCCC1=C(C(=O)OCC)C(c2cccc(OCc3ccc(Cl)cc3Cl)c2)NC(=O)N1. The Morgan fingerprint density at radius 1 is 1.12 bits per heavy atom. The number of hydrogen-bond acceptors (Lipinski definition) is 4. The Bertz CT molecular complexity index is 1020. The smallest absolute Gasteiger partial charge is 0.338 e. The monoisotopic (exact) mass is 476 g/mol. The van der Waals surface area contributed by atoms with E-state index in [9.17, 15) is 9.59 Å². The van der Waals surface area contributed by atoms with Gasteiger partial charge in [0, 0.05) is 21.3 Å². The maximum Gasteiger partial charge on any atom is 0.338 e. The molecule has 2 amide bonds. The Kier molecular flexibility index (Phi) is 8.42. The van der Waals surface area contributed by atoms with Crippen LogP contribution in [0.25, 0.3) is 0 Å². The van der Waals surface area contributed by atoms with Gasteiger partial charge in [-0.15, -0.1) is 0 Å². The lowest BCUT2D eigenvalue weighted by atomic mass is 9.93. The van der Waals surface area contributed by atoms with E-state index in [1.807, 2.05) is 24.3 Å². The number of esters is 1. The molecule has 0 aliphatic carbocycles. The van der Waals surface area contributed by atoms with E-state index in [1.165, 1.54) is 0 Å². The highest BCUT2D eigenvalue weighted by Crippen LogP contribution is 2.32. The fraction of sp³-hybridized carbons (Fsp3) is 0.333. The molecule has 8 heteroatoms. The zero-order chi connectivity index (χ0) is 23.1. The van der Waals surface area contributed by atoms with Crippen molar-refractivity contribution in [2.45, 2.75) is 45.8 Å². The normalized spacial score (nSPS) is 15.8. The van der Waals surface area contributed by atoms with Gasteiger partial charge in [0.05, 0.1) is 18.2 Å². The van der Waals surface area contributed by atoms with Crippen LogP contribution in [-0.4, -0.2) is 18.6 Å². The number of carbonyl (C=O) groups excluding carboxylic acids is 2. The highest BCUT2D eigenvalue weighted by molar-refractivity contribution is 6.35. The van der Waals surface area contributed by atoms with E-state index in [0.717, 1.165) is 24.0 Å². The lowest BCUT2D eigenvalue weighted by molar-refractivity contribution is -0.139. The molecule has 1 heterocycles. The third-order valence-electron chi connectivity index (χ3n) is 5.03. The molecule has 32 heavy (non-hydrogen) atoms. The zero-order valence-electron chi connectivity index (χ0n) is 18.0. The molecule has 1 aliphatic heterocycles.